The first kappa shape index (κ1) is 19.0. The zero-order valence-corrected chi connectivity index (χ0v) is 16.1. The molecule has 2 heterocycles. The fraction of sp³-hybridized carbons (Fsp3) is 0.500. The van der Waals surface area contributed by atoms with E-state index in [0.29, 0.717) is 49.6 Å². The fourth-order valence-corrected chi connectivity index (χ4v) is 4.26. The molecule has 1 fully saturated rings. The Hall–Kier alpha value is -1.77. The minimum atomic E-state index is -3.40. The molecule has 0 saturated carbocycles. The number of hydrogen-bond acceptors (Lipinski definition) is 4. The highest BCUT2D eigenvalue weighted by Gasteiger charge is 2.39. The zero-order valence-electron chi connectivity index (χ0n) is 15.3. The monoisotopic (exact) mass is 381 g/mol. The second kappa shape index (κ2) is 7.09. The van der Waals surface area contributed by atoms with Crippen LogP contribution in [0.15, 0.2) is 34.9 Å². The number of benzene rings is 1. The number of oxazole rings is 1. The number of rotatable bonds is 5. The highest BCUT2D eigenvalue weighted by atomic mass is 32.2. The van der Waals surface area contributed by atoms with Gasteiger partial charge in [-0.15, -0.1) is 0 Å². The zero-order chi connectivity index (χ0) is 18.9. The molecule has 0 spiro atoms. The van der Waals surface area contributed by atoms with Gasteiger partial charge in [-0.25, -0.2) is 9.37 Å². The Morgan fingerprint density at radius 2 is 1.92 bits per heavy atom. The van der Waals surface area contributed by atoms with Crippen molar-refractivity contribution < 1.29 is 17.2 Å². The summed E-state index contributed by atoms with van der Waals surface area (Å²) in [5, 5.41) is 0. The van der Waals surface area contributed by atoms with E-state index in [4.69, 9.17) is 4.42 Å². The molecule has 0 bridgehead atoms. The molecule has 1 aliphatic rings. The summed E-state index contributed by atoms with van der Waals surface area (Å²) in [5.74, 6) is 0.930. The normalized spacial score (nSPS) is 18.3. The van der Waals surface area contributed by atoms with Crippen molar-refractivity contribution in [2.24, 2.45) is 0 Å². The van der Waals surface area contributed by atoms with Gasteiger partial charge in [0.2, 0.25) is 0 Å². The predicted molar refractivity (Wildman–Crippen MR) is 96.5 cm³/mol. The Morgan fingerprint density at radius 3 is 2.54 bits per heavy atom. The summed E-state index contributed by atoms with van der Waals surface area (Å²) in [6, 6.07) is 6.60. The topological polar surface area (TPSA) is 66.7 Å². The number of aromatic nitrogens is 1. The lowest BCUT2D eigenvalue weighted by Gasteiger charge is -2.37. The van der Waals surface area contributed by atoms with Crippen LogP contribution < -0.4 is 0 Å². The minimum Gasteiger partial charge on any atom is -0.445 e. The number of nitrogens with zero attached hydrogens (tertiary/aromatic N) is 3. The summed E-state index contributed by atoms with van der Waals surface area (Å²) in [4.78, 5) is 4.39. The van der Waals surface area contributed by atoms with Crippen LogP contribution in [0.5, 0.6) is 0 Å². The largest absolute Gasteiger partial charge is 0.445 e. The van der Waals surface area contributed by atoms with Gasteiger partial charge in [-0.05, 0) is 24.5 Å². The molecule has 0 aliphatic carbocycles. The fourth-order valence-electron chi connectivity index (χ4n) is 3.15. The van der Waals surface area contributed by atoms with E-state index in [9.17, 15) is 12.8 Å². The first-order valence-electron chi connectivity index (χ1n) is 8.58. The van der Waals surface area contributed by atoms with Crippen LogP contribution >= 0.6 is 0 Å². The van der Waals surface area contributed by atoms with Crippen molar-refractivity contribution in [3.63, 3.8) is 0 Å². The van der Waals surface area contributed by atoms with Crippen LogP contribution in [0.1, 0.15) is 37.0 Å². The SMILES string of the molecule is CN(C)S(=O)(=O)N1CCC(C)(c2ncc(Cc3ccccc3F)o2)CC1. The second-order valence-electron chi connectivity index (χ2n) is 7.15. The van der Waals surface area contributed by atoms with Crippen molar-refractivity contribution in [1.82, 2.24) is 13.6 Å². The van der Waals surface area contributed by atoms with Gasteiger partial charge in [0.05, 0.1) is 6.20 Å². The molecule has 0 atom stereocenters. The van der Waals surface area contributed by atoms with E-state index in [1.807, 2.05) is 6.92 Å². The third-order valence-electron chi connectivity index (χ3n) is 5.01. The summed E-state index contributed by atoms with van der Waals surface area (Å²) >= 11 is 0. The maximum absolute atomic E-state index is 13.8. The van der Waals surface area contributed by atoms with Gasteiger partial charge in [0.1, 0.15) is 11.6 Å². The summed E-state index contributed by atoms with van der Waals surface area (Å²) < 4.78 is 46.9. The molecular formula is C18H24FN3O3S. The second-order valence-corrected chi connectivity index (χ2v) is 9.29. The molecule has 0 unspecified atom stereocenters. The molecule has 0 amide bonds. The average molecular weight is 381 g/mol. The molecule has 1 aromatic heterocycles. The standard InChI is InChI=1S/C18H24FN3O3S/c1-18(8-10-22(11-9-18)26(23,24)21(2)3)17-20-13-15(25-17)12-14-6-4-5-7-16(14)19/h4-7,13H,8-12H2,1-3H3. The molecule has 0 radical (unpaired) electrons. The number of hydrogen-bond donors (Lipinski definition) is 0. The first-order chi connectivity index (χ1) is 12.2. The molecule has 26 heavy (non-hydrogen) atoms. The lowest BCUT2D eigenvalue weighted by Crippen LogP contribution is -2.47. The van der Waals surface area contributed by atoms with E-state index in [1.54, 1.807) is 24.4 Å². The summed E-state index contributed by atoms with van der Waals surface area (Å²) in [5.41, 5.74) is 0.235. The average Bonchev–Trinajstić information content (AvgIpc) is 3.07. The Balaban J connectivity index is 1.71. The lowest BCUT2D eigenvalue weighted by molar-refractivity contribution is 0.204. The quantitative estimate of drug-likeness (QED) is 0.798. The molecule has 142 valence electrons. The van der Waals surface area contributed by atoms with Gasteiger partial charge < -0.3 is 4.42 Å². The summed E-state index contributed by atoms with van der Waals surface area (Å²) in [7, 11) is -0.331. The van der Waals surface area contributed by atoms with E-state index < -0.39 is 10.2 Å². The summed E-state index contributed by atoms with van der Waals surface area (Å²) in [6.45, 7) is 2.87. The van der Waals surface area contributed by atoms with Crippen molar-refractivity contribution >= 4 is 10.2 Å². The molecule has 6 nitrogen and oxygen atoms in total. The highest BCUT2D eigenvalue weighted by Crippen LogP contribution is 2.35. The van der Waals surface area contributed by atoms with Crippen LogP contribution in [0.2, 0.25) is 0 Å². The molecule has 8 heteroatoms. The third kappa shape index (κ3) is 3.67. The smallest absolute Gasteiger partial charge is 0.281 e. The van der Waals surface area contributed by atoms with Crippen LogP contribution in [0.4, 0.5) is 4.39 Å². The Kier molecular flexibility index (Phi) is 5.18. The maximum Gasteiger partial charge on any atom is 0.281 e. The lowest BCUT2D eigenvalue weighted by atomic mass is 9.81. The van der Waals surface area contributed by atoms with Crippen LogP contribution in [0.25, 0.3) is 0 Å². The van der Waals surface area contributed by atoms with Gasteiger partial charge in [-0.1, -0.05) is 25.1 Å². The van der Waals surface area contributed by atoms with E-state index in [2.05, 4.69) is 4.98 Å². The van der Waals surface area contributed by atoms with E-state index in [1.165, 1.54) is 28.8 Å². The highest BCUT2D eigenvalue weighted by molar-refractivity contribution is 7.86. The molecule has 2 aromatic rings. The van der Waals surface area contributed by atoms with Crippen molar-refractivity contribution in [3.05, 3.63) is 53.5 Å². The van der Waals surface area contributed by atoms with Gasteiger partial charge in [0.25, 0.3) is 10.2 Å². The van der Waals surface area contributed by atoms with Crippen LogP contribution in [0.3, 0.4) is 0 Å². The predicted octanol–water partition coefficient (Wildman–Crippen LogP) is 2.56. The van der Waals surface area contributed by atoms with E-state index in [0.717, 1.165) is 0 Å². The molecule has 0 N–H and O–H groups in total. The number of halogens is 1. The van der Waals surface area contributed by atoms with Crippen molar-refractivity contribution in [2.45, 2.75) is 31.6 Å². The first-order valence-corrected chi connectivity index (χ1v) is 9.98. The van der Waals surface area contributed by atoms with Crippen LogP contribution in [-0.2, 0) is 22.0 Å². The van der Waals surface area contributed by atoms with Crippen molar-refractivity contribution in [3.8, 4) is 0 Å². The maximum atomic E-state index is 13.8. The van der Waals surface area contributed by atoms with Gasteiger partial charge in [-0.3, -0.25) is 0 Å². The van der Waals surface area contributed by atoms with E-state index in [-0.39, 0.29) is 11.2 Å². The molecule has 1 aromatic carbocycles. The molecule has 1 saturated heterocycles. The van der Waals surface area contributed by atoms with Crippen LogP contribution in [0, 0.1) is 5.82 Å². The Morgan fingerprint density at radius 1 is 1.27 bits per heavy atom. The molecular weight excluding hydrogens is 357 g/mol. The molecule has 1 aliphatic heterocycles. The van der Waals surface area contributed by atoms with Crippen LogP contribution in [-0.4, -0.2) is 49.2 Å². The van der Waals surface area contributed by atoms with Crippen molar-refractivity contribution in [2.75, 3.05) is 27.2 Å². The Bertz CT molecular complexity index is 871. The van der Waals surface area contributed by atoms with E-state index >= 15 is 0 Å². The minimum absolute atomic E-state index is 0.265. The number of piperidine rings is 1. The van der Waals surface area contributed by atoms with Crippen molar-refractivity contribution in [1.29, 1.82) is 0 Å². The Labute approximate surface area is 153 Å². The molecule has 3 rings (SSSR count). The van der Waals surface area contributed by atoms with Gasteiger partial charge >= 0.3 is 0 Å². The summed E-state index contributed by atoms with van der Waals surface area (Å²) in [6.07, 6.45) is 3.23. The third-order valence-corrected chi connectivity index (χ3v) is 6.95. The van der Waals surface area contributed by atoms with Gasteiger partial charge in [0.15, 0.2) is 5.89 Å². The van der Waals surface area contributed by atoms with Gasteiger partial charge in [-0.2, -0.15) is 17.0 Å². The van der Waals surface area contributed by atoms with Gasteiger partial charge in [0, 0.05) is 39.0 Å².